The molecule has 2 amide bonds. The van der Waals surface area contributed by atoms with Crippen molar-refractivity contribution in [2.45, 2.75) is 26.3 Å². The Bertz CT molecular complexity index is 491. The molecule has 8 heteroatoms. The van der Waals surface area contributed by atoms with E-state index in [1.165, 1.54) is 0 Å². The summed E-state index contributed by atoms with van der Waals surface area (Å²) in [6.07, 6.45) is 0.370. The van der Waals surface area contributed by atoms with Crippen molar-refractivity contribution < 1.29 is 23.5 Å². The summed E-state index contributed by atoms with van der Waals surface area (Å²) in [5.74, 6) is -1.02. The first-order valence-electron chi connectivity index (χ1n) is 6.95. The molecule has 7 nitrogen and oxygen atoms in total. The number of ether oxygens (including phenoxy) is 2. The molecule has 0 saturated carbocycles. The Hall–Kier alpha value is -1.38. The molecular weight excluding hydrogens is 356 g/mol. The van der Waals surface area contributed by atoms with Gasteiger partial charge in [0.05, 0.1) is 12.6 Å². The molecule has 0 spiro atoms. The van der Waals surface area contributed by atoms with Crippen molar-refractivity contribution in [3.05, 3.63) is 22.6 Å². The maximum Gasteiger partial charge on any atom is 0.287 e. The molecule has 0 unspecified atom stereocenters. The van der Waals surface area contributed by atoms with Crippen LogP contribution in [0.2, 0.25) is 0 Å². The van der Waals surface area contributed by atoms with E-state index in [1.54, 1.807) is 19.1 Å². The van der Waals surface area contributed by atoms with Crippen LogP contribution in [-0.4, -0.2) is 37.9 Å². The van der Waals surface area contributed by atoms with Gasteiger partial charge in [-0.2, -0.15) is 0 Å². The zero-order valence-electron chi connectivity index (χ0n) is 12.6. The average molecular weight is 377 g/mol. The van der Waals surface area contributed by atoms with Crippen LogP contribution in [0.15, 0.2) is 21.2 Å². The second-order valence-corrected chi connectivity index (χ2v) is 5.58. The van der Waals surface area contributed by atoms with Gasteiger partial charge in [0, 0.05) is 12.5 Å². The molecule has 0 fully saturated rings. The SMILES string of the molecule is CCOCOC[C@H](C[C@H](C)C(N)=O)NC(=O)c1ccc(Br)o1. The number of hydrogen-bond acceptors (Lipinski definition) is 5. The van der Waals surface area contributed by atoms with Gasteiger partial charge in [0.15, 0.2) is 10.4 Å². The van der Waals surface area contributed by atoms with Gasteiger partial charge in [-0.1, -0.05) is 6.92 Å². The third-order valence-electron chi connectivity index (χ3n) is 2.95. The van der Waals surface area contributed by atoms with Gasteiger partial charge in [-0.15, -0.1) is 0 Å². The molecule has 3 N–H and O–H groups in total. The molecule has 2 atom stereocenters. The molecule has 0 aliphatic carbocycles. The van der Waals surface area contributed by atoms with Crippen molar-refractivity contribution in [3.63, 3.8) is 0 Å². The molecule has 1 aromatic rings. The molecule has 124 valence electrons. The van der Waals surface area contributed by atoms with Crippen molar-refractivity contribution in [1.82, 2.24) is 5.32 Å². The number of amides is 2. The minimum absolute atomic E-state index is 0.125. The standard InChI is InChI=1S/C14H21BrN2O5/c1-3-20-8-21-7-10(6-9(2)13(16)18)17-14(19)11-4-5-12(15)22-11/h4-5,9-10H,3,6-8H2,1-2H3,(H2,16,18)(H,17,19)/t9-,10-/m0/s1. The van der Waals surface area contributed by atoms with Gasteiger partial charge < -0.3 is 24.9 Å². The Morgan fingerprint density at radius 3 is 2.68 bits per heavy atom. The maximum atomic E-state index is 12.1. The molecule has 0 aliphatic heterocycles. The fourth-order valence-corrected chi connectivity index (χ4v) is 2.04. The number of carbonyl (C=O) groups is 2. The highest BCUT2D eigenvalue weighted by Crippen LogP contribution is 2.14. The third-order valence-corrected chi connectivity index (χ3v) is 3.37. The van der Waals surface area contributed by atoms with Crippen LogP contribution in [0.4, 0.5) is 0 Å². The van der Waals surface area contributed by atoms with Crippen LogP contribution >= 0.6 is 15.9 Å². The van der Waals surface area contributed by atoms with Crippen LogP contribution < -0.4 is 11.1 Å². The Kier molecular flexibility index (Phi) is 8.15. The first-order valence-corrected chi connectivity index (χ1v) is 7.74. The summed E-state index contributed by atoms with van der Waals surface area (Å²) in [4.78, 5) is 23.3. The number of halogens is 1. The predicted octanol–water partition coefficient (Wildman–Crippen LogP) is 1.66. The van der Waals surface area contributed by atoms with Gasteiger partial charge in [0.2, 0.25) is 5.91 Å². The molecule has 0 radical (unpaired) electrons. The summed E-state index contributed by atoms with van der Waals surface area (Å²) in [6, 6.07) is 2.80. The lowest BCUT2D eigenvalue weighted by Crippen LogP contribution is -2.41. The summed E-state index contributed by atoms with van der Waals surface area (Å²) in [5, 5.41) is 2.77. The number of furan rings is 1. The van der Waals surface area contributed by atoms with Crippen LogP contribution in [0, 0.1) is 5.92 Å². The number of primary amides is 1. The number of carbonyl (C=O) groups excluding carboxylic acids is 2. The van der Waals surface area contributed by atoms with Gasteiger partial charge in [-0.05, 0) is 41.4 Å². The first-order chi connectivity index (χ1) is 10.4. The number of rotatable bonds is 10. The van der Waals surface area contributed by atoms with Crippen molar-refractivity contribution in [2.75, 3.05) is 20.0 Å². The van der Waals surface area contributed by atoms with Gasteiger partial charge >= 0.3 is 0 Å². The highest BCUT2D eigenvalue weighted by Gasteiger charge is 2.21. The fraction of sp³-hybridized carbons (Fsp3) is 0.571. The van der Waals surface area contributed by atoms with E-state index in [1.807, 2.05) is 6.92 Å². The predicted molar refractivity (Wildman–Crippen MR) is 83.1 cm³/mol. The van der Waals surface area contributed by atoms with E-state index in [9.17, 15) is 9.59 Å². The molecule has 1 rings (SSSR count). The molecular formula is C14H21BrN2O5. The largest absolute Gasteiger partial charge is 0.444 e. The zero-order valence-corrected chi connectivity index (χ0v) is 14.2. The van der Waals surface area contributed by atoms with Gasteiger partial charge in [0.25, 0.3) is 5.91 Å². The van der Waals surface area contributed by atoms with Crippen LogP contribution in [-0.2, 0) is 14.3 Å². The Morgan fingerprint density at radius 2 is 2.14 bits per heavy atom. The van der Waals surface area contributed by atoms with Crippen LogP contribution in [0.25, 0.3) is 0 Å². The zero-order chi connectivity index (χ0) is 16.5. The van der Waals surface area contributed by atoms with E-state index in [-0.39, 0.29) is 37.0 Å². The molecule has 0 bridgehead atoms. The van der Waals surface area contributed by atoms with Crippen molar-refractivity contribution >= 4 is 27.7 Å². The van der Waals surface area contributed by atoms with Crippen LogP contribution in [0.5, 0.6) is 0 Å². The molecule has 0 aliphatic rings. The van der Waals surface area contributed by atoms with E-state index < -0.39 is 5.91 Å². The topological polar surface area (TPSA) is 104 Å². The van der Waals surface area contributed by atoms with Crippen LogP contribution in [0.1, 0.15) is 30.8 Å². The third kappa shape index (κ3) is 6.59. The van der Waals surface area contributed by atoms with Crippen molar-refractivity contribution in [2.24, 2.45) is 11.7 Å². The summed E-state index contributed by atoms with van der Waals surface area (Å²) in [7, 11) is 0. The summed E-state index contributed by atoms with van der Waals surface area (Å²) >= 11 is 3.14. The minimum Gasteiger partial charge on any atom is -0.444 e. The van der Waals surface area contributed by atoms with Gasteiger partial charge in [0.1, 0.15) is 6.79 Å². The van der Waals surface area contributed by atoms with E-state index in [0.717, 1.165) is 0 Å². The minimum atomic E-state index is -0.426. The Labute approximate surface area is 137 Å². The Balaban J connectivity index is 2.59. The van der Waals surface area contributed by atoms with E-state index in [0.29, 0.717) is 17.7 Å². The van der Waals surface area contributed by atoms with Crippen molar-refractivity contribution in [1.29, 1.82) is 0 Å². The lowest BCUT2D eigenvalue weighted by Gasteiger charge is -2.20. The van der Waals surface area contributed by atoms with Crippen LogP contribution in [0.3, 0.4) is 0 Å². The van der Waals surface area contributed by atoms with Gasteiger partial charge in [-0.25, -0.2) is 0 Å². The van der Waals surface area contributed by atoms with E-state index >= 15 is 0 Å². The van der Waals surface area contributed by atoms with E-state index in [2.05, 4.69) is 21.2 Å². The smallest absolute Gasteiger partial charge is 0.287 e. The molecule has 1 aromatic heterocycles. The van der Waals surface area contributed by atoms with Gasteiger partial charge in [-0.3, -0.25) is 9.59 Å². The highest BCUT2D eigenvalue weighted by molar-refractivity contribution is 9.10. The van der Waals surface area contributed by atoms with Crippen molar-refractivity contribution in [3.8, 4) is 0 Å². The monoisotopic (exact) mass is 376 g/mol. The summed E-state index contributed by atoms with van der Waals surface area (Å²) in [5.41, 5.74) is 5.26. The second kappa shape index (κ2) is 9.60. The number of nitrogens with two attached hydrogens (primary N) is 1. The normalized spacial score (nSPS) is 13.6. The number of hydrogen-bond donors (Lipinski definition) is 2. The maximum absolute atomic E-state index is 12.1. The molecule has 22 heavy (non-hydrogen) atoms. The second-order valence-electron chi connectivity index (χ2n) is 4.79. The molecule has 1 heterocycles. The summed E-state index contributed by atoms with van der Waals surface area (Å²) in [6.45, 7) is 4.43. The fourth-order valence-electron chi connectivity index (χ4n) is 1.74. The Morgan fingerprint density at radius 1 is 1.41 bits per heavy atom. The molecule has 0 saturated heterocycles. The first kappa shape index (κ1) is 18.7. The summed E-state index contributed by atoms with van der Waals surface area (Å²) < 4.78 is 16.1. The lowest BCUT2D eigenvalue weighted by atomic mass is 10.0. The quantitative estimate of drug-likeness (QED) is 0.477. The average Bonchev–Trinajstić information content (AvgIpc) is 2.89. The number of nitrogens with one attached hydrogen (secondary N) is 1. The lowest BCUT2D eigenvalue weighted by molar-refractivity contribution is -0.121. The highest BCUT2D eigenvalue weighted by atomic mass is 79.9. The van der Waals surface area contributed by atoms with E-state index in [4.69, 9.17) is 19.6 Å². The molecule has 0 aromatic carbocycles.